The fraction of sp³-hybridized carbons (Fsp3) is 0.500. The monoisotopic (exact) mass is 584 g/mol. The van der Waals surface area contributed by atoms with Crippen LogP contribution in [0.3, 0.4) is 0 Å². The summed E-state index contributed by atoms with van der Waals surface area (Å²) in [6, 6.07) is 12.9. The van der Waals surface area contributed by atoms with Gasteiger partial charge in [0.05, 0.1) is 23.9 Å². The molecule has 0 aromatic heterocycles. The molecule has 4 rings (SSSR count). The summed E-state index contributed by atoms with van der Waals surface area (Å²) in [6.07, 6.45) is 5.35. The van der Waals surface area contributed by atoms with Gasteiger partial charge < -0.3 is 30.3 Å². The maximum Gasteiger partial charge on any atom is 1.00 e. The van der Waals surface area contributed by atoms with Crippen molar-refractivity contribution < 1.29 is 53.8 Å². The van der Waals surface area contributed by atoms with E-state index in [1.807, 2.05) is 45.0 Å². The maximum absolute atomic E-state index is 14.1. The van der Waals surface area contributed by atoms with Crippen LogP contribution in [-0.4, -0.2) is 48.9 Å². The number of Topliss-reactive ketones (excluding diaryl/α,β-unsaturated/α-hetero) is 1. The molecule has 1 heterocycles. The molecule has 1 atom stereocenters. The van der Waals surface area contributed by atoms with Gasteiger partial charge in [0.15, 0.2) is 5.78 Å². The zero-order valence-electron chi connectivity index (χ0n) is 25.7. The van der Waals surface area contributed by atoms with E-state index in [0.717, 1.165) is 31.4 Å². The molecule has 1 aliphatic heterocycles. The number of ketones is 1. The Balaban J connectivity index is 0.00000484. The summed E-state index contributed by atoms with van der Waals surface area (Å²) in [5.41, 5.74) is 0.528. The van der Waals surface area contributed by atoms with Gasteiger partial charge in [0.2, 0.25) is 0 Å². The van der Waals surface area contributed by atoms with Gasteiger partial charge in [-0.05, 0) is 42.7 Å². The Morgan fingerprint density at radius 1 is 0.929 bits per heavy atom. The number of carbonyl (C=O) groups excluding carboxylic acids is 4. The van der Waals surface area contributed by atoms with Gasteiger partial charge in [-0.25, -0.2) is 4.79 Å². The number of nitrogens with one attached hydrogen (secondary N) is 2. The molecule has 1 aliphatic carbocycles. The Morgan fingerprint density at radius 2 is 1.57 bits per heavy atom. The first-order chi connectivity index (χ1) is 19.3. The van der Waals surface area contributed by atoms with Crippen molar-refractivity contribution in [3.05, 3.63) is 54.1 Å². The van der Waals surface area contributed by atoms with Crippen molar-refractivity contribution in [2.24, 2.45) is 5.41 Å². The molecule has 2 aromatic carbocycles. The van der Waals surface area contributed by atoms with Crippen molar-refractivity contribution in [1.29, 1.82) is 0 Å². The molecule has 0 bridgehead atoms. The summed E-state index contributed by atoms with van der Waals surface area (Å²) in [5.74, 6) is -1.66. The van der Waals surface area contributed by atoms with Crippen LogP contribution in [0.15, 0.2) is 48.5 Å². The molecule has 0 unspecified atom stereocenters. The zero-order valence-corrected chi connectivity index (χ0v) is 27.7. The van der Waals surface area contributed by atoms with Crippen LogP contribution < -0.4 is 55.1 Å². The van der Waals surface area contributed by atoms with Crippen molar-refractivity contribution in [2.75, 3.05) is 28.2 Å². The molecular weight excluding hydrogens is 543 g/mol. The molecule has 1 fully saturated rings. The Bertz CT molecular complexity index is 1320. The second kappa shape index (κ2) is 13.6. The summed E-state index contributed by atoms with van der Waals surface area (Å²) in [5, 5.41) is 17.2. The van der Waals surface area contributed by atoms with Crippen molar-refractivity contribution in [2.45, 2.75) is 84.2 Å². The predicted molar refractivity (Wildman–Crippen MR) is 158 cm³/mol. The summed E-state index contributed by atoms with van der Waals surface area (Å²) in [7, 11) is 0. The quantitative estimate of drug-likeness (QED) is 0.469. The Hall–Kier alpha value is -2.88. The van der Waals surface area contributed by atoms with Crippen LogP contribution in [0.1, 0.15) is 72.3 Å². The van der Waals surface area contributed by atoms with Gasteiger partial charge in [-0.3, -0.25) is 9.59 Å². The van der Waals surface area contributed by atoms with Crippen LogP contribution in [0.25, 0.3) is 0 Å². The third-order valence-electron chi connectivity index (χ3n) is 8.24. The average Bonchev–Trinajstić information content (AvgIpc) is 3.03. The standard InChI is InChI=1S/C32H42N4O5.Na/c1-31(2,3)27(37)20-36-26-17-10-9-16-25(26)35(23-14-7-6-8-15-23)19-24(28(36)38)34-30(41)33-22-13-11-12-21(18-22)32(4,5)29(39)40;/h9-13,16-18,23-24H,6-8,14-15,19-20H2,1-5H3,(H,39,40)(H2,33,34,41);/q;+1/p-1/t24-;/m1./s1. The number of carboxylic acid groups (broad SMARTS) is 1. The summed E-state index contributed by atoms with van der Waals surface area (Å²) in [4.78, 5) is 55.9. The predicted octanol–water partition coefficient (Wildman–Crippen LogP) is 1.01. The molecule has 0 saturated heterocycles. The van der Waals surface area contributed by atoms with Gasteiger partial charge in [0, 0.05) is 29.1 Å². The van der Waals surface area contributed by atoms with Gasteiger partial charge in [-0.15, -0.1) is 0 Å². The van der Waals surface area contributed by atoms with Crippen molar-refractivity contribution in [3.8, 4) is 0 Å². The SMILES string of the molecule is CC(C)(C)C(=O)CN1C(=O)[C@H](NC(=O)Nc2cccc(C(C)(C)C(=O)[O-])c2)CN(C2CCCCC2)c2ccccc21.[Na+]. The van der Waals surface area contributed by atoms with Crippen molar-refractivity contribution in [3.63, 3.8) is 0 Å². The first-order valence-corrected chi connectivity index (χ1v) is 14.4. The van der Waals surface area contributed by atoms with Crippen LogP contribution in [0, 0.1) is 5.41 Å². The van der Waals surface area contributed by atoms with Gasteiger partial charge in [-0.1, -0.05) is 78.1 Å². The molecular formula is C32H41N4NaO5. The van der Waals surface area contributed by atoms with Gasteiger partial charge in [0.1, 0.15) is 6.04 Å². The molecule has 1 saturated carbocycles. The number of amides is 3. The van der Waals surface area contributed by atoms with Crippen molar-refractivity contribution >= 4 is 40.8 Å². The fourth-order valence-corrected chi connectivity index (χ4v) is 5.43. The number of fused-ring (bicyclic) bond motifs is 1. The number of aliphatic carboxylic acids is 1. The Labute approximate surface area is 270 Å². The van der Waals surface area contributed by atoms with Crippen LogP contribution >= 0.6 is 0 Å². The number of hydrogen-bond acceptors (Lipinski definition) is 6. The van der Waals surface area contributed by atoms with Gasteiger partial charge in [-0.2, -0.15) is 0 Å². The molecule has 0 spiro atoms. The largest absolute Gasteiger partial charge is 1.00 e. The number of carboxylic acids is 1. The zero-order chi connectivity index (χ0) is 29.9. The molecule has 2 aliphatic rings. The Kier molecular flexibility index (Phi) is 10.9. The van der Waals surface area contributed by atoms with E-state index < -0.39 is 28.9 Å². The number of benzene rings is 2. The number of rotatable bonds is 7. The normalized spacial score (nSPS) is 17.9. The second-order valence-electron chi connectivity index (χ2n) is 12.7. The number of anilines is 3. The van der Waals surface area contributed by atoms with E-state index in [2.05, 4.69) is 15.5 Å². The molecule has 3 amide bonds. The smallest absolute Gasteiger partial charge is 0.549 e. The van der Waals surface area contributed by atoms with E-state index in [-0.39, 0.29) is 60.4 Å². The minimum Gasteiger partial charge on any atom is -0.549 e. The minimum atomic E-state index is -1.25. The Morgan fingerprint density at radius 3 is 2.19 bits per heavy atom. The van der Waals surface area contributed by atoms with E-state index in [1.165, 1.54) is 25.2 Å². The van der Waals surface area contributed by atoms with E-state index in [9.17, 15) is 24.3 Å². The molecule has 9 nitrogen and oxygen atoms in total. The van der Waals surface area contributed by atoms with Crippen LogP contribution in [-0.2, 0) is 19.8 Å². The van der Waals surface area contributed by atoms with Gasteiger partial charge >= 0.3 is 35.6 Å². The number of hydrogen-bond donors (Lipinski definition) is 2. The fourth-order valence-electron chi connectivity index (χ4n) is 5.43. The van der Waals surface area contributed by atoms with E-state index >= 15 is 0 Å². The maximum atomic E-state index is 14.1. The molecule has 220 valence electrons. The first kappa shape index (κ1) is 33.6. The van der Waals surface area contributed by atoms with Gasteiger partial charge in [0.25, 0.3) is 5.91 Å². The van der Waals surface area contributed by atoms with Crippen molar-refractivity contribution in [1.82, 2.24) is 5.32 Å². The third-order valence-corrected chi connectivity index (χ3v) is 8.24. The molecule has 10 heteroatoms. The average molecular weight is 585 g/mol. The number of urea groups is 1. The first-order valence-electron chi connectivity index (χ1n) is 14.4. The number of carbonyl (C=O) groups is 4. The third kappa shape index (κ3) is 7.54. The summed E-state index contributed by atoms with van der Waals surface area (Å²) in [6.45, 7) is 8.74. The van der Waals surface area contributed by atoms with E-state index in [4.69, 9.17) is 0 Å². The molecule has 0 radical (unpaired) electrons. The van der Waals surface area contributed by atoms with E-state index in [1.54, 1.807) is 24.3 Å². The van der Waals surface area contributed by atoms with Crippen LogP contribution in [0.5, 0.6) is 0 Å². The number of para-hydroxylation sites is 2. The molecule has 42 heavy (non-hydrogen) atoms. The summed E-state index contributed by atoms with van der Waals surface area (Å²) >= 11 is 0. The second-order valence-corrected chi connectivity index (χ2v) is 12.7. The van der Waals surface area contributed by atoms with Crippen LogP contribution in [0.4, 0.5) is 21.9 Å². The van der Waals surface area contributed by atoms with E-state index in [0.29, 0.717) is 16.9 Å². The minimum absolute atomic E-state index is 0. The molecule has 2 aromatic rings. The summed E-state index contributed by atoms with van der Waals surface area (Å²) < 4.78 is 0. The van der Waals surface area contributed by atoms with Crippen LogP contribution in [0.2, 0.25) is 0 Å². The molecule has 2 N–H and O–H groups in total. The topological polar surface area (TPSA) is 122 Å². The number of nitrogens with zero attached hydrogens (tertiary/aromatic N) is 2.